The van der Waals surface area contributed by atoms with Crippen molar-refractivity contribution >= 4 is 23.3 Å². The maximum atomic E-state index is 10.8. The Morgan fingerprint density at radius 3 is 2.38 bits per heavy atom. The van der Waals surface area contributed by atoms with Crippen LogP contribution in [0.2, 0.25) is 0 Å². The van der Waals surface area contributed by atoms with E-state index in [-0.39, 0.29) is 24.2 Å². The first kappa shape index (κ1) is 28.5. The minimum atomic E-state index is -0.715. The highest BCUT2D eigenvalue weighted by Gasteiger charge is 2.32. The molecule has 1 heterocycles. The quantitative estimate of drug-likeness (QED) is 0.346. The van der Waals surface area contributed by atoms with Gasteiger partial charge in [0.15, 0.2) is 0 Å². The van der Waals surface area contributed by atoms with E-state index in [0.29, 0.717) is 0 Å². The summed E-state index contributed by atoms with van der Waals surface area (Å²) in [5, 5.41) is 9.99. The van der Waals surface area contributed by atoms with Gasteiger partial charge in [-0.05, 0) is 73.1 Å². The summed E-state index contributed by atoms with van der Waals surface area (Å²) in [7, 11) is 4.12. The first-order chi connectivity index (χ1) is 17.2. The summed E-state index contributed by atoms with van der Waals surface area (Å²) in [4.78, 5) is 12.9. The number of hydrogen-bond donors (Lipinski definition) is 1. The van der Waals surface area contributed by atoms with Gasteiger partial charge in [0.25, 0.3) is 0 Å². The molecule has 198 valence electrons. The van der Waals surface area contributed by atoms with Crippen molar-refractivity contribution in [3.05, 3.63) is 70.8 Å². The van der Waals surface area contributed by atoms with Crippen molar-refractivity contribution in [2.45, 2.75) is 58.3 Å². The van der Waals surface area contributed by atoms with Crippen LogP contribution in [0.5, 0.6) is 0 Å². The van der Waals surface area contributed by atoms with Crippen LogP contribution in [0.1, 0.15) is 69.8 Å². The number of halogens is 1. The van der Waals surface area contributed by atoms with E-state index in [1.807, 2.05) is 0 Å². The van der Waals surface area contributed by atoms with Crippen molar-refractivity contribution in [3.63, 3.8) is 0 Å². The molecule has 5 nitrogen and oxygen atoms in total. The molecule has 1 N–H and O–H groups in total. The van der Waals surface area contributed by atoms with Gasteiger partial charge in [-0.1, -0.05) is 26.0 Å². The number of rotatable bonds is 9. The molecule has 4 rings (SSSR count). The van der Waals surface area contributed by atoms with Crippen LogP contribution >= 0.6 is 0 Å². The summed E-state index contributed by atoms with van der Waals surface area (Å²) >= 11 is 0. The van der Waals surface area contributed by atoms with E-state index in [0.717, 1.165) is 61.2 Å². The molecule has 0 fully saturated rings. The molecule has 0 bridgehead atoms. The number of carboxylic acid groups (broad SMARTS) is 1. The largest absolute Gasteiger partial charge is 1.00 e. The monoisotopic (exact) mass is 522 g/mol. The molecule has 0 unspecified atom stereocenters. The molecule has 1 aliphatic heterocycles. The normalized spacial score (nSPS) is 14.9. The Morgan fingerprint density at radius 2 is 1.73 bits per heavy atom. The summed E-state index contributed by atoms with van der Waals surface area (Å²) in [6, 6.07) is 17.5. The van der Waals surface area contributed by atoms with Crippen LogP contribution in [0.15, 0.2) is 52.9 Å². The van der Waals surface area contributed by atoms with E-state index in [2.05, 4.69) is 98.9 Å². The summed E-state index contributed by atoms with van der Waals surface area (Å²) in [5.41, 5.74) is 6.08. The number of carbonyl (C=O) groups is 1. The number of anilines is 1. The fraction of sp³-hybridized carbons (Fsp3) is 0.419. The van der Waals surface area contributed by atoms with Crippen molar-refractivity contribution in [3.8, 4) is 11.3 Å². The highest BCUT2D eigenvalue weighted by atomic mass is 35.5. The van der Waals surface area contributed by atoms with Crippen LogP contribution in [-0.2, 0) is 10.2 Å². The Hall–Kier alpha value is -3.05. The maximum absolute atomic E-state index is 10.8. The number of hydrogen-bond acceptors (Lipinski definition) is 3. The second kappa shape index (κ2) is 12.0. The second-order valence-corrected chi connectivity index (χ2v) is 10.7. The Morgan fingerprint density at radius 1 is 1.03 bits per heavy atom. The third-order valence-corrected chi connectivity index (χ3v) is 7.27. The van der Waals surface area contributed by atoms with E-state index in [4.69, 9.17) is 9.52 Å². The van der Waals surface area contributed by atoms with Crippen molar-refractivity contribution < 1.29 is 26.7 Å². The average Bonchev–Trinajstić information content (AvgIpc) is 2.84. The van der Waals surface area contributed by atoms with Gasteiger partial charge in [0.1, 0.15) is 24.6 Å². The van der Waals surface area contributed by atoms with Crippen molar-refractivity contribution in [2.24, 2.45) is 0 Å². The molecule has 3 aliphatic rings. The number of allylic oxidation sites excluding steroid dienone is 1. The molecule has 0 saturated carbocycles. The average molecular weight is 523 g/mol. The smallest absolute Gasteiger partial charge is 0.303 e. The number of aliphatic carboxylic acids is 1. The van der Waals surface area contributed by atoms with Gasteiger partial charge in [0.2, 0.25) is 5.36 Å². The van der Waals surface area contributed by atoms with E-state index >= 15 is 0 Å². The molecular formula is C31H39ClN2O3. The molecule has 0 aromatic heterocycles. The van der Waals surface area contributed by atoms with Crippen LogP contribution in [-0.4, -0.2) is 38.3 Å². The van der Waals surface area contributed by atoms with Gasteiger partial charge in [-0.3, -0.25) is 4.79 Å². The van der Waals surface area contributed by atoms with Crippen molar-refractivity contribution in [1.82, 2.24) is 4.58 Å². The Balaban J connectivity index is 0.00000380. The predicted octanol–water partition coefficient (Wildman–Crippen LogP) is 3.11. The Labute approximate surface area is 226 Å². The van der Waals surface area contributed by atoms with Crippen LogP contribution in [0, 0.1) is 0 Å². The van der Waals surface area contributed by atoms with Crippen LogP contribution in [0.25, 0.3) is 23.0 Å². The molecular weight excluding hydrogens is 484 g/mol. The molecule has 0 radical (unpaired) electrons. The number of fused-ring (bicyclic) bond motifs is 2. The number of unbranched alkanes of at least 4 members (excludes halogenated alkanes) is 2. The Bertz CT molecular complexity index is 1300. The third-order valence-electron chi connectivity index (χ3n) is 7.27. The molecule has 0 saturated heterocycles. The minimum absolute atomic E-state index is 0. The lowest BCUT2D eigenvalue weighted by atomic mass is 9.73. The first-order valence-electron chi connectivity index (χ1n) is 13.0. The molecule has 1 aromatic rings. The van der Waals surface area contributed by atoms with E-state index < -0.39 is 5.97 Å². The summed E-state index contributed by atoms with van der Waals surface area (Å²) < 4.78 is 8.90. The first-order valence-corrected chi connectivity index (χ1v) is 13.0. The van der Waals surface area contributed by atoms with Crippen LogP contribution in [0.3, 0.4) is 0 Å². The molecule has 2 aliphatic carbocycles. The molecule has 0 atom stereocenters. The minimum Gasteiger partial charge on any atom is -1.00 e. The van der Waals surface area contributed by atoms with Crippen molar-refractivity contribution in [2.75, 3.05) is 32.1 Å². The lowest BCUT2D eigenvalue weighted by Gasteiger charge is -2.32. The number of carboxylic acids is 1. The highest BCUT2D eigenvalue weighted by Crippen LogP contribution is 2.44. The Kier molecular flexibility index (Phi) is 9.25. The van der Waals surface area contributed by atoms with Gasteiger partial charge in [-0.2, -0.15) is 0 Å². The van der Waals surface area contributed by atoms with E-state index in [9.17, 15) is 4.79 Å². The summed E-state index contributed by atoms with van der Waals surface area (Å²) in [6.07, 6.45) is 6.06. The van der Waals surface area contributed by atoms with Crippen LogP contribution < -0.4 is 27.2 Å². The van der Waals surface area contributed by atoms with Gasteiger partial charge in [-0.25, -0.2) is 4.58 Å². The highest BCUT2D eigenvalue weighted by molar-refractivity contribution is 5.85. The van der Waals surface area contributed by atoms with Gasteiger partial charge in [-0.15, -0.1) is 0 Å². The van der Waals surface area contributed by atoms with Gasteiger partial charge in [0, 0.05) is 49.8 Å². The standard InChI is InChI=1S/C31H38N2O3.ClH/c1-6-33(17-9-7-8-10-30(34)35)26-16-13-23-18-27-29(36-28(23)20-26)19-24(21-31(27,2)3)22-11-14-25(15-12-22)32(4)5;/h11-16,18-20H,6-10,17,21H2,1-5H3;1H. The maximum Gasteiger partial charge on any atom is 0.303 e. The molecule has 1 aromatic carbocycles. The van der Waals surface area contributed by atoms with Crippen molar-refractivity contribution in [1.29, 1.82) is 0 Å². The van der Waals surface area contributed by atoms with Crippen LogP contribution in [0.4, 0.5) is 5.69 Å². The molecule has 37 heavy (non-hydrogen) atoms. The number of benzene rings is 2. The molecule has 6 heteroatoms. The lowest BCUT2D eigenvalue weighted by molar-refractivity contribution is -0.137. The summed E-state index contributed by atoms with van der Waals surface area (Å²) in [5.74, 6) is 1.12. The fourth-order valence-electron chi connectivity index (χ4n) is 5.13. The van der Waals surface area contributed by atoms with Gasteiger partial charge >= 0.3 is 5.97 Å². The van der Waals surface area contributed by atoms with E-state index in [1.54, 1.807) is 0 Å². The summed E-state index contributed by atoms with van der Waals surface area (Å²) in [6.45, 7) is 8.56. The topological polar surface area (TPSA) is 56.7 Å². The third kappa shape index (κ3) is 6.64. The molecule has 0 spiro atoms. The van der Waals surface area contributed by atoms with Gasteiger partial charge in [0.05, 0.1) is 6.07 Å². The SMILES string of the molecule is CC[N+](CCCCCC(=O)O)=c1ccc2cc3c(oc-2c1)C=C(c1ccc(N(C)C)cc1)CC3(C)C.[Cl-]. The van der Waals surface area contributed by atoms with Gasteiger partial charge < -0.3 is 26.8 Å². The number of nitrogens with zero attached hydrogens (tertiary/aromatic N) is 2. The zero-order chi connectivity index (χ0) is 25.9. The zero-order valence-electron chi connectivity index (χ0n) is 22.7. The fourth-order valence-corrected chi connectivity index (χ4v) is 5.13. The predicted molar refractivity (Wildman–Crippen MR) is 148 cm³/mol. The second-order valence-electron chi connectivity index (χ2n) is 10.7. The zero-order valence-corrected chi connectivity index (χ0v) is 23.4. The lowest BCUT2D eigenvalue weighted by Crippen LogP contribution is -3.00. The molecule has 0 amide bonds. The van der Waals surface area contributed by atoms with E-state index in [1.165, 1.54) is 22.4 Å².